The Kier molecular flexibility index (Phi) is 6.63. The molecule has 3 saturated carbocycles. The van der Waals surface area contributed by atoms with Gasteiger partial charge in [-0.25, -0.2) is 0 Å². The van der Waals surface area contributed by atoms with E-state index >= 15 is 0 Å². The van der Waals surface area contributed by atoms with Crippen LogP contribution in [0, 0.1) is 29.1 Å². The molecule has 30 heavy (non-hydrogen) atoms. The number of fused-ring (bicyclic) bond motifs is 1. The van der Waals surface area contributed by atoms with Gasteiger partial charge in [-0.1, -0.05) is 45.1 Å². The first-order valence-electron chi connectivity index (χ1n) is 12.4. The largest absolute Gasteiger partial charge is 0.393 e. The standard InChI is InChI=1S/C27H43NO2/c1-18-11-13-28(16-18)17-19(2)24-9-10-25-21(6-5-12-27(24,25)4)7-8-22-14-23(29)15-26(30)20(22)3/h7-8,18-19,23-26,29-30H,3,5-6,9-17H2,1-2,4H3/b21-7+,22-8-/t18-,19?,23+,24+,25-,26-,27+/m0/s1. The molecule has 0 radical (unpaired) electrons. The van der Waals surface area contributed by atoms with Crippen LogP contribution in [0.3, 0.4) is 0 Å². The molecule has 0 spiro atoms. The van der Waals surface area contributed by atoms with Crippen LogP contribution in [-0.2, 0) is 0 Å². The van der Waals surface area contributed by atoms with Gasteiger partial charge in [-0.2, -0.15) is 0 Å². The predicted molar refractivity (Wildman–Crippen MR) is 124 cm³/mol. The zero-order valence-electron chi connectivity index (χ0n) is 19.4. The molecule has 2 N–H and O–H groups in total. The number of rotatable bonds is 4. The van der Waals surface area contributed by atoms with Gasteiger partial charge in [0.05, 0.1) is 12.2 Å². The summed E-state index contributed by atoms with van der Waals surface area (Å²) in [5.41, 5.74) is 3.86. The van der Waals surface area contributed by atoms with Gasteiger partial charge in [-0.15, -0.1) is 0 Å². The summed E-state index contributed by atoms with van der Waals surface area (Å²) in [4.78, 5) is 2.71. The zero-order chi connectivity index (χ0) is 21.5. The van der Waals surface area contributed by atoms with Crippen LogP contribution in [0.5, 0.6) is 0 Å². The smallest absolute Gasteiger partial charge is 0.0811 e. The van der Waals surface area contributed by atoms with Crippen molar-refractivity contribution in [3.8, 4) is 0 Å². The molecular weight excluding hydrogens is 370 g/mol. The summed E-state index contributed by atoms with van der Waals surface area (Å²) >= 11 is 0. The van der Waals surface area contributed by atoms with Crippen molar-refractivity contribution in [1.82, 2.24) is 4.90 Å². The van der Waals surface area contributed by atoms with Crippen LogP contribution in [0.1, 0.15) is 72.1 Å². The summed E-state index contributed by atoms with van der Waals surface area (Å²) in [5, 5.41) is 20.2. The molecule has 168 valence electrons. The van der Waals surface area contributed by atoms with E-state index in [1.807, 2.05) is 0 Å². The van der Waals surface area contributed by atoms with E-state index in [-0.39, 0.29) is 0 Å². The average Bonchev–Trinajstić information content (AvgIpc) is 3.25. The van der Waals surface area contributed by atoms with Crippen molar-refractivity contribution < 1.29 is 10.2 Å². The minimum absolute atomic E-state index is 0.419. The Hall–Kier alpha value is -0.900. The first kappa shape index (κ1) is 22.3. The van der Waals surface area contributed by atoms with Crippen molar-refractivity contribution in [1.29, 1.82) is 0 Å². The van der Waals surface area contributed by atoms with Crippen LogP contribution in [0.25, 0.3) is 0 Å². The van der Waals surface area contributed by atoms with E-state index in [1.165, 1.54) is 58.2 Å². The minimum atomic E-state index is -0.597. The Morgan fingerprint density at radius 1 is 1.23 bits per heavy atom. The molecule has 1 aliphatic heterocycles. The van der Waals surface area contributed by atoms with E-state index in [4.69, 9.17) is 0 Å². The van der Waals surface area contributed by atoms with E-state index < -0.39 is 12.2 Å². The molecule has 0 bridgehead atoms. The maximum atomic E-state index is 10.2. The van der Waals surface area contributed by atoms with Gasteiger partial charge >= 0.3 is 0 Å². The quantitative estimate of drug-likeness (QED) is 0.673. The normalized spacial score (nSPS) is 44.0. The van der Waals surface area contributed by atoms with E-state index in [9.17, 15) is 10.2 Å². The van der Waals surface area contributed by atoms with Gasteiger partial charge in [0, 0.05) is 19.5 Å². The summed E-state index contributed by atoms with van der Waals surface area (Å²) in [7, 11) is 0. The molecule has 0 aromatic carbocycles. The van der Waals surface area contributed by atoms with Crippen LogP contribution >= 0.6 is 0 Å². The van der Waals surface area contributed by atoms with E-state index in [0.29, 0.717) is 24.2 Å². The molecule has 1 unspecified atom stereocenters. The summed E-state index contributed by atoms with van der Waals surface area (Å²) in [6, 6.07) is 0. The van der Waals surface area contributed by atoms with Crippen molar-refractivity contribution in [2.75, 3.05) is 19.6 Å². The molecule has 0 amide bonds. The molecule has 0 aromatic heterocycles. The maximum absolute atomic E-state index is 10.2. The van der Waals surface area contributed by atoms with E-state index in [1.54, 1.807) is 5.57 Å². The third-order valence-corrected chi connectivity index (χ3v) is 9.04. The van der Waals surface area contributed by atoms with Crippen molar-refractivity contribution in [3.63, 3.8) is 0 Å². The van der Waals surface area contributed by atoms with Gasteiger partial charge in [0.2, 0.25) is 0 Å². The molecule has 0 aromatic rings. The Morgan fingerprint density at radius 3 is 2.77 bits per heavy atom. The van der Waals surface area contributed by atoms with Gasteiger partial charge in [-0.3, -0.25) is 0 Å². The van der Waals surface area contributed by atoms with Crippen LogP contribution in [-0.4, -0.2) is 47.0 Å². The van der Waals surface area contributed by atoms with Crippen molar-refractivity contribution in [2.24, 2.45) is 29.1 Å². The molecule has 4 rings (SSSR count). The maximum Gasteiger partial charge on any atom is 0.0811 e. The first-order valence-corrected chi connectivity index (χ1v) is 12.4. The topological polar surface area (TPSA) is 43.7 Å². The van der Waals surface area contributed by atoms with Crippen LogP contribution in [0.2, 0.25) is 0 Å². The van der Waals surface area contributed by atoms with Gasteiger partial charge in [-0.05, 0) is 91.7 Å². The number of nitrogens with zero attached hydrogens (tertiary/aromatic N) is 1. The molecule has 1 saturated heterocycles. The molecule has 7 atom stereocenters. The van der Waals surface area contributed by atoms with E-state index in [2.05, 4.69) is 44.4 Å². The highest BCUT2D eigenvalue weighted by Crippen LogP contribution is 2.59. The number of allylic oxidation sites excluding steroid dienone is 3. The van der Waals surface area contributed by atoms with Crippen LogP contribution in [0.4, 0.5) is 0 Å². The Labute approximate surface area is 183 Å². The fourth-order valence-electron chi connectivity index (χ4n) is 7.41. The average molecular weight is 414 g/mol. The lowest BCUT2D eigenvalue weighted by molar-refractivity contribution is 0.0816. The molecule has 4 fully saturated rings. The lowest BCUT2D eigenvalue weighted by Crippen LogP contribution is -2.39. The lowest BCUT2D eigenvalue weighted by atomic mass is 9.61. The summed E-state index contributed by atoms with van der Waals surface area (Å²) < 4.78 is 0. The zero-order valence-corrected chi connectivity index (χ0v) is 19.4. The minimum Gasteiger partial charge on any atom is -0.393 e. The SMILES string of the molecule is C=C1/C(=C\C=C2/CCC[C@]3(C)[C@@H](C(C)CN4CC[C@H](C)C4)CC[C@@H]23)C[C@@H](O)C[C@@H]1O. The molecule has 3 aliphatic carbocycles. The number of hydrogen-bond acceptors (Lipinski definition) is 3. The highest BCUT2D eigenvalue weighted by molar-refractivity contribution is 5.38. The van der Waals surface area contributed by atoms with Crippen LogP contribution in [0.15, 0.2) is 35.5 Å². The lowest BCUT2D eigenvalue weighted by Gasteiger charge is -2.45. The van der Waals surface area contributed by atoms with Gasteiger partial charge < -0.3 is 15.1 Å². The van der Waals surface area contributed by atoms with Crippen molar-refractivity contribution in [2.45, 2.75) is 84.3 Å². The number of aliphatic hydroxyl groups is 2. The van der Waals surface area contributed by atoms with Crippen LogP contribution < -0.4 is 0 Å². The fourth-order valence-corrected chi connectivity index (χ4v) is 7.41. The predicted octanol–water partition coefficient (Wildman–Crippen LogP) is 5.11. The Morgan fingerprint density at radius 2 is 2.03 bits per heavy atom. The second-order valence-corrected chi connectivity index (χ2v) is 11.3. The summed E-state index contributed by atoms with van der Waals surface area (Å²) in [6.07, 6.45) is 12.4. The molecule has 3 heteroatoms. The van der Waals surface area contributed by atoms with E-state index in [0.717, 1.165) is 28.9 Å². The molecular formula is C27H43NO2. The monoisotopic (exact) mass is 413 g/mol. The third kappa shape index (κ3) is 4.36. The number of likely N-dealkylation sites (tertiary alicyclic amines) is 1. The van der Waals surface area contributed by atoms with Gasteiger partial charge in [0.25, 0.3) is 0 Å². The Balaban J connectivity index is 1.47. The molecule has 4 aliphatic rings. The van der Waals surface area contributed by atoms with Crippen molar-refractivity contribution in [3.05, 3.63) is 35.5 Å². The van der Waals surface area contributed by atoms with Gasteiger partial charge in [0.15, 0.2) is 0 Å². The fraction of sp³-hybridized carbons (Fsp3) is 0.778. The third-order valence-electron chi connectivity index (χ3n) is 9.04. The highest BCUT2D eigenvalue weighted by atomic mass is 16.3. The Bertz CT molecular complexity index is 710. The van der Waals surface area contributed by atoms with Gasteiger partial charge in [0.1, 0.15) is 0 Å². The molecule has 1 heterocycles. The number of aliphatic hydroxyl groups excluding tert-OH is 2. The number of hydrogen-bond donors (Lipinski definition) is 2. The summed E-state index contributed by atoms with van der Waals surface area (Å²) in [6.45, 7) is 15.4. The van der Waals surface area contributed by atoms with Crippen molar-refractivity contribution >= 4 is 0 Å². The summed E-state index contributed by atoms with van der Waals surface area (Å²) in [5.74, 6) is 3.15. The first-order chi connectivity index (χ1) is 14.3. The second kappa shape index (κ2) is 8.92. The second-order valence-electron chi connectivity index (χ2n) is 11.3. The molecule has 3 nitrogen and oxygen atoms in total. The highest BCUT2D eigenvalue weighted by Gasteiger charge is 2.50.